The molecule has 27 heavy (non-hydrogen) atoms. The second-order valence-corrected chi connectivity index (χ2v) is 9.61. The Bertz CT molecular complexity index is 724. The molecule has 1 heterocycles. The van der Waals surface area contributed by atoms with Gasteiger partial charge in [-0.05, 0) is 31.9 Å². The van der Waals surface area contributed by atoms with E-state index in [0.717, 1.165) is 12.8 Å². The second kappa shape index (κ2) is 8.71. The Hall–Kier alpha value is -1.44. The molecule has 0 unspecified atom stereocenters. The molecule has 6 nitrogen and oxygen atoms in total. The highest BCUT2D eigenvalue weighted by Gasteiger charge is 2.34. The summed E-state index contributed by atoms with van der Waals surface area (Å²) in [6, 6.07) is 8.70. The third kappa shape index (κ3) is 4.52. The normalized spacial score (nSPS) is 21.7. The monoisotopic (exact) mass is 393 g/mol. The van der Waals surface area contributed by atoms with Crippen molar-refractivity contribution < 1.29 is 13.2 Å². The van der Waals surface area contributed by atoms with Crippen LogP contribution in [0.1, 0.15) is 39.0 Å². The number of carbonyl (C=O) groups excluding carboxylic acids is 1. The van der Waals surface area contributed by atoms with Crippen LogP contribution in [0, 0.1) is 0 Å². The third-order valence-electron chi connectivity index (χ3n) is 6.03. The molecule has 150 valence electrons. The standard InChI is InChI=1S/C20H31N3O3S/c1-17(20(24)21(2)18-9-5-3-6-10-18)22-13-15-23(16-14-22)27(25,26)19-11-7-4-8-12-19/h4,7-8,11-12,17-18H,3,5-6,9-10,13-16H2,1-2H3/t17-/m1/s1. The van der Waals surface area contributed by atoms with Crippen LogP contribution in [0.15, 0.2) is 35.2 Å². The van der Waals surface area contributed by atoms with Gasteiger partial charge in [0.25, 0.3) is 0 Å². The molecule has 0 aromatic heterocycles. The van der Waals surface area contributed by atoms with Crippen molar-refractivity contribution in [1.82, 2.24) is 14.1 Å². The molecule has 0 bridgehead atoms. The van der Waals surface area contributed by atoms with E-state index in [4.69, 9.17) is 0 Å². The predicted molar refractivity (Wildman–Crippen MR) is 106 cm³/mol. The minimum atomic E-state index is -3.45. The quantitative estimate of drug-likeness (QED) is 0.769. The van der Waals surface area contributed by atoms with Crippen LogP contribution in [0.4, 0.5) is 0 Å². The molecule has 7 heteroatoms. The Balaban J connectivity index is 1.57. The summed E-state index contributed by atoms with van der Waals surface area (Å²) in [7, 11) is -1.53. The van der Waals surface area contributed by atoms with Crippen LogP contribution < -0.4 is 0 Å². The Kier molecular flexibility index (Phi) is 6.55. The van der Waals surface area contributed by atoms with Crippen molar-refractivity contribution in [3.05, 3.63) is 30.3 Å². The van der Waals surface area contributed by atoms with E-state index in [1.165, 1.54) is 23.6 Å². The van der Waals surface area contributed by atoms with Gasteiger partial charge in [-0.15, -0.1) is 0 Å². The summed E-state index contributed by atoms with van der Waals surface area (Å²) in [6.45, 7) is 3.95. The molecule has 1 aromatic rings. The van der Waals surface area contributed by atoms with E-state index in [2.05, 4.69) is 4.90 Å². The van der Waals surface area contributed by atoms with Crippen molar-refractivity contribution in [2.75, 3.05) is 33.2 Å². The zero-order valence-electron chi connectivity index (χ0n) is 16.4. The molecule has 0 spiro atoms. The number of benzene rings is 1. The van der Waals surface area contributed by atoms with Gasteiger partial charge in [0.15, 0.2) is 0 Å². The zero-order chi connectivity index (χ0) is 19.4. The lowest BCUT2D eigenvalue weighted by atomic mass is 9.94. The van der Waals surface area contributed by atoms with Gasteiger partial charge in [0, 0.05) is 39.3 Å². The van der Waals surface area contributed by atoms with Crippen molar-refractivity contribution in [3.8, 4) is 0 Å². The first-order valence-corrected chi connectivity index (χ1v) is 11.4. The Morgan fingerprint density at radius 3 is 2.22 bits per heavy atom. The molecule has 1 atom stereocenters. The molecule has 1 amide bonds. The van der Waals surface area contributed by atoms with Gasteiger partial charge >= 0.3 is 0 Å². The minimum Gasteiger partial charge on any atom is -0.341 e. The topological polar surface area (TPSA) is 60.9 Å². The Labute approximate surface area is 163 Å². The summed E-state index contributed by atoms with van der Waals surface area (Å²) in [6.07, 6.45) is 5.86. The van der Waals surface area contributed by atoms with Gasteiger partial charge in [-0.2, -0.15) is 4.31 Å². The molecular weight excluding hydrogens is 362 g/mol. The fourth-order valence-electron chi connectivity index (χ4n) is 4.17. The lowest BCUT2D eigenvalue weighted by Gasteiger charge is -2.39. The molecule has 1 saturated carbocycles. The highest BCUT2D eigenvalue weighted by atomic mass is 32.2. The van der Waals surface area contributed by atoms with Crippen LogP contribution in [-0.4, -0.2) is 73.7 Å². The Morgan fingerprint density at radius 2 is 1.63 bits per heavy atom. The van der Waals surface area contributed by atoms with Crippen molar-refractivity contribution in [2.24, 2.45) is 0 Å². The first-order chi connectivity index (χ1) is 12.9. The lowest BCUT2D eigenvalue weighted by Crippen LogP contribution is -2.56. The van der Waals surface area contributed by atoms with Crippen LogP contribution >= 0.6 is 0 Å². The molecule has 0 N–H and O–H groups in total. The molecular formula is C20H31N3O3S. The molecule has 1 saturated heterocycles. The van der Waals surface area contributed by atoms with Crippen LogP contribution in [0.3, 0.4) is 0 Å². The van der Waals surface area contributed by atoms with Crippen LogP contribution in [0.2, 0.25) is 0 Å². The molecule has 1 aliphatic heterocycles. The first-order valence-electron chi connectivity index (χ1n) is 9.97. The summed E-state index contributed by atoms with van der Waals surface area (Å²) in [5, 5.41) is 0. The van der Waals surface area contributed by atoms with Gasteiger partial charge in [-0.25, -0.2) is 8.42 Å². The number of sulfonamides is 1. The van der Waals surface area contributed by atoms with Crippen LogP contribution in [0.25, 0.3) is 0 Å². The van der Waals surface area contributed by atoms with Crippen molar-refractivity contribution in [3.63, 3.8) is 0 Å². The van der Waals surface area contributed by atoms with E-state index < -0.39 is 10.0 Å². The maximum Gasteiger partial charge on any atom is 0.243 e. The predicted octanol–water partition coefficient (Wildman–Crippen LogP) is 2.17. The number of likely N-dealkylation sites (N-methyl/N-ethyl adjacent to an activating group) is 1. The summed E-state index contributed by atoms with van der Waals surface area (Å²) < 4.78 is 27.0. The van der Waals surface area contributed by atoms with Gasteiger partial charge in [0.2, 0.25) is 15.9 Å². The summed E-state index contributed by atoms with van der Waals surface area (Å²) in [5.41, 5.74) is 0. The number of hydrogen-bond acceptors (Lipinski definition) is 4. The fraction of sp³-hybridized carbons (Fsp3) is 0.650. The fourth-order valence-corrected chi connectivity index (χ4v) is 5.62. The average molecular weight is 394 g/mol. The summed E-state index contributed by atoms with van der Waals surface area (Å²) in [4.78, 5) is 17.3. The Morgan fingerprint density at radius 1 is 1.04 bits per heavy atom. The maximum absolute atomic E-state index is 12.9. The van der Waals surface area contributed by atoms with Crippen molar-refractivity contribution >= 4 is 15.9 Å². The average Bonchev–Trinajstić information content (AvgIpc) is 2.73. The van der Waals surface area contributed by atoms with E-state index in [0.29, 0.717) is 37.1 Å². The SMILES string of the molecule is C[C@H](C(=O)N(C)C1CCCCC1)N1CCN(S(=O)(=O)c2ccccc2)CC1. The van der Waals surface area contributed by atoms with Gasteiger partial charge in [-0.1, -0.05) is 37.5 Å². The van der Waals surface area contributed by atoms with Gasteiger partial charge in [-0.3, -0.25) is 9.69 Å². The van der Waals surface area contributed by atoms with Crippen LogP contribution in [-0.2, 0) is 14.8 Å². The first kappa shape index (κ1) is 20.3. The molecule has 2 fully saturated rings. The summed E-state index contributed by atoms with van der Waals surface area (Å²) in [5.74, 6) is 0.154. The number of rotatable bonds is 5. The lowest BCUT2D eigenvalue weighted by molar-refractivity contribution is -0.138. The molecule has 1 aliphatic carbocycles. The second-order valence-electron chi connectivity index (χ2n) is 7.67. The highest BCUT2D eigenvalue weighted by Crippen LogP contribution is 2.23. The van der Waals surface area contributed by atoms with E-state index in [-0.39, 0.29) is 11.9 Å². The largest absolute Gasteiger partial charge is 0.341 e. The summed E-state index contributed by atoms with van der Waals surface area (Å²) >= 11 is 0. The van der Waals surface area contributed by atoms with Gasteiger partial charge < -0.3 is 4.90 Å². The van der Waals surface area contributed by atoms with Crippen LogP contribution in [0.5, 0.6) is 0 Å². The molecule has 0 radical (unpaired) electrons. The number of piperazine rings is 1. The van der Waals surface area contributed by atoms with E-state index in [1.807, 2.05) is 24.9 Å². The minimum absolute atomic E-state index is 0.154. The number of amides is 1. The smallest absolute Gasteiger partial charge is 0.243 e. The van der Waals surface area contributed by atoms with Crippen molar-refractivity contribution in [1.29, 1.82) is 0 Å². The van der Waals surface area contributed by atoms with Gasteiger partial charge in [0.1, 0.15) is 0 Å². The maximum atomic E-state index is 12.9. The molecule has 1 aromatic carbocycles. The van der Waals surface area contributed by atoms with E-state index in [9.17, 15) is 13.2 Å². The number of hydrogen-bond donors (Lipinski definition) is 0. The van der Waals surface area contributed by atoms with Gasteiger partial charge in [0.05, 0.1) is 10.9 Å². The third-order valence-corrected chi connectivity index (χ3v) is 7.94. The number of nitrogens with zero attached hydrogens (tertiary/aromatic N) is 3. The zero-order valence-corrected chi connectivity index (χ0v) is 17.2. The highest BCUT2D eigenvalue weighted by molar-refractivity contribution is 7.89. The van der Waals surface area contributed by atoms with E-state index in [1.54, 1.807) is 24.3 Å². The molecule has 2 aliphatic rings. The molecule has 3 rings (SSSR count). The van der Waals surface area contributed by atoms with Crippen molar-refractivity contribution in [2.45, 2.75) is 56.0 Å². The van der Waals surface area contributed by atoms with E-state index >= 15 is 0 Å². The number of carbonyl (C=O) groups is 1.